The van der Waals surface area contributed by atoms with Gasteiger partial charge in [-0.05, 0) is 48.6 Å². The Bertz CT molecular complexity index is 1440. The second kappa shape index (κ2) is 11.0. The molecule has 8 nitrogen and oxygen atoms in total. The number of halogens is 5. The molecule has 0 aromatic heterocycles. The van der Waals surface area contributed by atoms with Crippen LogP contribution in [0.5, 0.6) is 0 Å². The average Bonchev–Trinajstić information content (AvgIpc) is 3.17. The number of carbonyl (C=O) groups excluding carboxylic acids is 3. The summed E-state index contributed by atoms with van der Waals surface area (Å²) in [6.07, 6.45) is -0.649. The topological polar surface area (TPSA) is 91.0 Å². The van der Waals surface area contributed by atoms with Gasteiger partial charge in [0.2, 0.25) is 16.8 Å². The Kier molecular flexibility index (Phi) is 7.76. The summed E-state index contributed by atoms with van der Waals surface area (Å²) in [7, 11) is 1.20. The van der Waals surface area contributed by atoms with Gasteiger partial charge in [0.25, 0.3) is 5.91 Å². The number of nitrogens with one attached hydrogen (secondary N) is 2. The fourth-order valence-electron chi connectivity index (χ4n) is 3.73. The maximum atomic E-state index is 14.4. The highest BCUT2D eigenvalue weighted by Crippen LogP contribution is 2.32. The van der Waals surface area contributed by atoms with Crippen molar-refractivity contribution < 1.29 is 41.1 Å². The zero-order valence-electron chi connectivity index (χ0n) is 19.8. The molecule has 2 amide bonds. The first-order valence-corrected chi connectivity index (χ1v) is 11.4. The molecule has 1 heterocycles. The molecule has 1 aliphatic rings. The summed E-state index contributed by atoms with van der Waals surface area (Å²) in [6, 6.07) is 11.8. The molecule has 0 saturated carbocycles. The normalized spacial score (nSPS) is 15.0. The van der Waals surface area contributed by atoms with Gasteiger partial charge >= 0.3 is 5.97 Å². The van der Waals surface area contributed by atoms with Crippen molar-refractivity contribution in [2.24, 2.45) is 0 Å². The number of hydrogen-bond acceptors (Lipinski definition) is 6. The smallest absolute Gasteiger partial charge is 0.337 e. The predicted octanol–water partition coefficient (Wildman–Crippen LogP) is 4.53. The van der Waals surface area contributed by atoms with E-state index in [1.54, 1.807) is 18.2 Å². The van der Waals surface area contributed by atoms with Gasteiger partial charge in [0, 0.05) is 5.69 Å². The lowest BCUT2D eigenvalue weighted by atomic mass is 10.1. The molecular weight excluding hydrogens is 547 g/mol. The molecule has 1 aliphatic heterocycles. The van der Waals surface area contributed by atoms with Crippen molar-refractivity contribution in [3.05, 3.63) is 89.2 Å². The highest BCUT2D eigenvalue weighted by Gasteiger charge is 2.45. The largest absolute Gasteiger partial charge is 0.465 e. The lowest BCUT2D eigenvalue weighted by Gasteiger charge is -2.26. The number of methoxy groups -OCH3 is 1. The van der Waals surface area contributed by atoms with Crippen LogP contribution in [-0.4, -0.2) is 41.1 Å². The van der Waals surface area contributed by atoms with E-state index < -0.39 is 70.1 Å². The Hall–Kier alpha value is -4.59. The van der Waals surface area contributed by atoms with Gasteiger partial charge in [-0.25, -0.2) is 31.8 Å². The van der Waals surface area contributed by atoms with Crippen molar-refractivity contribution in [1.29, 1.82) is 0 Å². The fraction of sp³-hybridized carbons (Fsp3) is 0.120. The van der Waals surface area contributed by atoms with E-state index >= 15 is 0 Å². The number of thiocarbonyl (C=S) groups is 1. The van der Waals surface area contributed by atoms with Crippen molar-refractivity contribution in [1.82, 2.24) is 5.01 Å². The number of esters is 1. The number of ether oxygens (including phenoxy) is 1. The van der Waals surface area contributed by atoms with Gasteiger partial charge in [-0.3, -0.25) is 19.9 Å². The first-order valence-electron chi connectivity index (χ1n) is 11.0. The van der Waals surface area contributed by atoms with Crippen LogP contribution in [-0.2, 0) is 14.3 Å². The molecule has 39 heavy (non-hydrogen) atoms. The number of carbonyl (C=O) groups is 3. The van der Waals surface area contributed by atoms with E-state index in [0.29, 0.717) is 5.01 Å². The number of anilines is 3. The molecule has 0 bridgehead atoms. The number of nitrogens with zero attached hydrogens (tertiary/aromatic N) is 2. The number of benzene rings is 3. The Labute approximate surface area is 222 Å². The van der Waals surface area contributed by atoms with Gasteiger partial charge in [0.15, 0.2) is 23.3 Å². The molecule has 4 rings (SSSR count). The summed E-state index contributed by atoms with van der Waals surface area (Å²) < 4.78 is 74.6. The number of amides is 2. The van der Waals surface area contributed by atoms with Crippen LogP contribution in [0.4, 0.5) is 39.0 Å². The molecule has 1 atom stereocenters. The molecule has 2 N–H and O–H groups in total. The van der Waals surface area contributed by atoms with Crippen LogP contribution in [0.1, 0.15) is 16.8 Å². The highest BCUT2D eigenvalue weighted by atomic mass is 32.1. The van der Waals surface area contributed by atoms with E-state index in [1.807, 2.05) is 5.43 Å². The predicted molar refractivity (Wildman–Crippen MR) is 133 cm³/mol. The number of hydrogen-bond donors (Lipinski definition) is 2. The average molecular weight is 564 g/mol. The van der Waals surface area contributed by atoms with E-state index in [-0.39, 0.29) is 16.9 Å². The van der Waals surface area contributed by atoms with Crippen LogP contribution >= 0.6 is 12.2 Å². The van der Waals surface area contributed by atoms with Gasteiger partial charge in [-0.15, -0.1) is 0 Å². The van der Waals surface area contributed by atoms with E-state index in [1.165, 1.54) is 43.5 Å². The molecule has 202 valence electrons. The first kappa shape index (κ1) is 27.4. The van der Waals surface area contributed by atoms with Gasteiger partial charge in [0.1, 0.15) is 11.7 Å². The second-order valence-corrected chi connectivity index (χ2v) is 8.42. The summed E-state index contributed by atoms with van der Waals surface area (Å²) >= 11 is 5.29. The van der Waals surface area contributed by atoms with Gasteiger partial charge in [0.05, 0.1) is 24.8 Å². The summed E-state index contributed by atoms with van der Waals surface area (Å²) in [4.78, 5) is 38.7. The minimum absolute atomic E-state index is 0.212. The molecule has 0 radical (unpaired) electrons. The van der Waals surface area contributed by atoms with Crippen molar-refractivity contribution in [2.45, 2.75) is 12.5 Å². The molecule has 14 heteroatoms. The molecule has 3 aromatic rings. The lowest BCUT2D eigenvalue weighted by Crippen LogP contribution is -2.42. The Balaban J connectivity index is 1.64. The van der Waals surface area contributed by atoms with Gasteiger partial charge in [-0.2, -0.15) is 0 Å². The minimum Gasteiger partial charge on any atom is -0.465 e. The summed E-state index contributed by atoms with van der Waals surface area (Å²) in [5, 5.41) is 2.77. The number of rotatable bonds is 7. The summed E-state index contributed by atoms with van der Waals surface area (Å²) in [6.45, 7) is 0. The maximum absolute atomic E-state index is 14.4. The Morgan fingerprint density at radius 2 is 1.46 bits per heavy atom. The third-order valence-corrected chi connectivity index (χ3v) is 6.02. The van der Waals surface area contributed by atoms with Crippen molar-refractivity contribution in [3.8, 4) is 0 Å². The number of hydrazine groups is 1. The minimum atomic E-state index is -2.37. The molecule has 1 unspecified atom stereocenters. The van der Waals surface area contributed by atoms with Gasteiger partial charge < -0.3 is 10.1 Å². The van der Waals surface area contributed by atoms with Crippen molar-refractivity contribution in [3.63, 3.8) is 0 Å². The zero-order chi connectivity index (χ0) is 28.4. The summed E-state index contributed by atoms with van der Waals surface area (Å²) in [5.74, 6) is -13.3. The monoisotopic (exact) mass is 564 g/mol. The van der Waals surface area contributed by atoms with Gasteiger partial charge in [-0.1, -0.05) is 18.2 Å². The van der Waals surface area contributed by atoms with E-state index in [9.17, 15) is 36.3 Å². The SMILES string of the molecule is COC(=O)c1ccc(NC(=O)CC2C(=O)N(c3ccccc3)C(=S)N2Nc2c(F)c(F)c(F)c(F)c2F)cc1. The Morgan fingerprint density at radius 3 is 2.03 bits per heavy atom. The molecule has 3 aromatic carbocycles. The molecule has 0 spiro atoms. The maximum Gasteiger partial charge on any atom is 0.337 e. The van der Waals surface area contributed by atoms with E-state index in [2.05, 4.69) is 10.1 Å². The molecular formula is C25H17F5N4O4S. The van der Waals surface area contributed by atoms with Crippen LogP contribution in [0.3, 0.4) is 0 Å². The van der Waals surface area contributed by atoms with Crippen molar-refractivity contribution in [2.75, 3.05) is 22.8 Å². The van der Waals surface area contributed by atoms with Crippen LogP contribution in [0, 0.1) is 29.1 Å². The zero-order valence-corrected chi connectivity index (χ0v) is 20.6. The molecule has 1 saturated heterocycles. The van der Waals surface area contributed by atoms with Crippen LogP contribution < -0.4 is 15.6 Å². The fourth-order valence-corrected chi connectivity index (χ4v) is 4.10. The standard InChI is InChI=1S/C25H17F5N4O4S/c1-38-24(37)12-7-9-13(10-8-12)31-16(35)11-15-23(36)33(14-5-3-2-4-6-14)25(39)34(15)32-22-20(29)18(27)17(26)19(28)21(22)30/h2-10,15,32H,11H2,1H3,(H,31,35). The van der Waals surface area contributed by atoms with Crippen LogP contribution in [0.15, 0.2) is 54.6 Å². The first-order chi connectivity index (χ1) is 18.5. The third kappa shape index (κ3) is 5.23. The third-order valence-electron chi connectivity index (χ3n) is 5.64. The molecule has 0 aliphatic carbocycles. The van der Waals surface area contributed by atoms with Crippen molar-refractivity contribution >= 4 is 52.2 Å². The van der Waals surface area contributed by atoms with E-state index in [4.69, 9.17) is 12.2 Å². The summed E-state index contributed by atoms with van der Waals surface area (Å²) in [5.41, 5.74) is 1.24. The number of para-hydroxylation sites is 1. The van der Waals surface area contributed by atoms with Crippen LogP contribution in [0.25, 0.3) is 0 Å². The Morgan fingerprint density at radius 1 is 0.897 bits per heavy atom. The van der Waals surface area contributed by atoms with E-state index in [0.717, 1.165) is 4.90 Å². The quantitative estimate of drug-likeness (QED) is 0.143. The highest BCUT2D eigenvalue weighted by molar-refractivity contribution is 7.80. The molecule has 1 fully saturated rings. The second-order valence-electron chi connectivity index (χ2n) is 8.06. The van der Waals surface area contributed by atoms with Crippen LogP contribution in [0.2, 0.25) is 0 Å². The lowest BCUT2D eigenvalue weighted by molar-refractivity contribution is -0.124.